The third-order valence-corrected chi connectivity index (χ3v) is 4.94. The predicted molar refractivity (Wildman–Crippen MR) is 86.3 cm³/mol. The maximum atomic E-state index is 12.6. The molecule has 0 bridgehead atoms. The molecular formula is C18H26N2O2. The minimum atomic E-state index is -0.172. The normalized spacial score (nSPS) is 29.4. The molecule has 22 heavy (non-hydrogen) atoms. The smallest absolute Gasteiger partial charge is 0.237 e. The molecule has 1 aliphatic carbocycles. The molecule has 3 rings (SSSR count). The fraction of sp³-hybridized carbons (Fsp3) is 0.611. The average molecular weight is 302 g/mol. The minimum Gasteiger partial charge on any atom is -0.393 e. The van der Waals surface area contributed by atoms with Gasteiger partial charge in [-0.3, -0.25) is 9.69 Å². The summed E-state index contributed by atoms with van der Waals surface area (Å²) >= 11 is 0. The van der Waals surface area contributed by atoms with Gasteiger partial charge in [-0.25, -0.2) is 0 Å². The number of amides is 1. The number of hydrogen-bond acceptors (Lipinski definition) is 3. The van der Waals surface area contributed by atoms with Crippen LogP contribution >= 0.6 is 0 Å². The predicted octanol–water partition coefficient (Wildman–Crippen LogP) is 2.07. The largest absolute Gasteiger partial charge is 0.393 e. The number of aliphatic hydroxyl groups is 1. The van der Waals surface area contributed by atoms with Crippen LogP contribution in [0.4, 0.5) is 0 Å². The van der Waals surface area contributed by atoms with E-state index in [2.05, 4.69) is 22.3 Å². The van der Waals surface area contributed by atoms with E-state index < -0.39 is 0 Å². The summed E-state index contributed by atoms with van der Waals surface area (Å²) in [5.41, 5.74) is 1.27. The summed E-state index contributed by atoms with van der Waals surface area (Å²) in [4.78, 5) is 14.9. The fourth-order valence-electron chi connectivity index (χ4n) is 3.65. The van der Waals surface area contributed by atoms with Gasteiger partial charge in [-0.05, 0) is 50.6 Å². The van der Waals surface area contributed by atoms with Crippen molar-refractivity contribution in [2.75, 3.05) is 6.54 Å². The fourth-order valence-corrected chi connectivity index (χ4v) is 3.65. The Morgan fingerprint density at radius 3 is 2.59 bits per heavy atom. The zero-order valence-corrected chi connectivity index (χ0v) is 13.1. The molecule has 1 atom stereocenters. The SMILES string of the molecule is O=C(NC1CCC(O)CC1)C1CCCN1Cc1ccccc1. The van der Waals surface area contributed by atoms with Gasteiger partial charge in [0.05, 0.1) is 12.1 Å². The Balaban J connectivity index is 1.54. The van der Waals surface area contributed by atoms with E-state index in [1.807, 2.05) is 18.2 Å². The van der Waals surface area contributed by atoms with E-state index in [9.17, 15) is 9.90 Å². The highest BCUT2D eigenvalue weighted by molar-refractivity contribution is 5.82. The molecule has 2 N–H and O–H groups in total. The van der Waals surface area contributed by atoms with Crippen molar-refractivity contribution in [3.8, 4) is 0 Å². The molecule has 0 spiro atoms. The van der Waals surface area contributed by atoms with E-state index >= 15 is 0 Å². The van der Waals surface area contributed by atoms with Crippen molar-refractivity contribution in [1.82, 2.24) is 10.2 Å². The molecule has 1 amide bonds. The van der Waals surface area contributed by atoms with Gasteiger partial charge in [0.1, 0.15) is 0 Å². The summed E-state index contributed by atoms with van der Waals surface area (Å²) in [5, 5.41) is 12.8. The average Bonchev–Trinajstić information content (AvgIpc) is 2.99. The quantitative estimate of drug-likeness (QED) is 0.895. The van der Waals surface area contributed by atoms with Crippen LogP contribution in [0.1, 0.15) is 44.1 Å². The zero-order valence-electron chi connectivity index (χ0n) is 13.1. The van der Waals surface area contributed by atoms with Gasteiger partial charge in [-0.1, -0.05) is 30.3 Å². The third-order valence-electron chi connectivity index (χ3n) is 4.94. The van der Waals surface area contributed by atoms with Crippen LogP contribution in [0.3, 0.4) is 0 Å². The monoisotopic (exact) mass is 302 g/mol. The Labute approximate surface area is 132 Å². The Morgan fingerprint density at radius 1 is 1.14 bits per heavy atom. The highest BCUT2D eigenvalue weighted by Crippen LogP contribution is 2.22. The van der Waals surface area contributed by atoms with Gasteiger partial charge in [0.25, 0.3) is 0 Å². The summed E-state index contributed by atoms with van der Waals surface area (Å²) in [7, 11) is 0. The van der Waals surface area contributed by atoms with E-state index in [1.54, 1.807) is 0 Å². The summed E-state index contributed by atoms with van der Waals surface area (Å²) in [6.07, 6.45) is 5.29. The maximum Gasteiger partial charge on any atom is 0.237 e. The van der Waals surface area contributed by atoms with Crippen LogP contribution in [0, 0.1) is 0 Å². The number of nitrogens with one attached hydrogen (secondary N) is 1. The van der Waals surface area contributed by atoms with E-state index in [-0.39, 0.29) is 24.1 Å². The molecule has 4 heteroatoms. The number of carbonyl (C=O) groups is 1. The molecule has 1 heterocycles. The van der Waals surface area contributed by atoms with Gasteiger partial charge in [0, 0.05) is 12.6 Å². The summed E-state index contributed by atoms with van der Waals surface area (Å²) < 4.78 is 0. The second-order valence-corrected chi connectivity index (χ2v) is 6.63. The van der Waals surface area contributed by atoms with Gasteiger partial charge in [-0.15, -0.1) is 0 Å². The molecule has 1 aliphatic heterocycles. The van der Waals surface area contributed by atoms with Gasteiger partial charge in [0.2, 0.25) is 5.91 Å². The topological polar surface area (TPSA) is 52.6 Å². The molecular weight excluding hydrogens is 276 g/mol. The van der Waals surface area contributed by atoms with E-state index in [0.717, 1.165) is 51.6 Å². The molecule has 1 aromatic carbocycles. The van der Waals surface area contributed by atoms with Gasteiger partial charge in [0.15, 0.2) is 0 Å². The lowest BCUT2D eigenvalue weighted by Crippen LogP contribution is -2.47. The second-order valence-electron chi connectivity index (χ2n) is 6.63. The zero-order chi connectivity index (χ0) is 15.4. The van der Waals surface area contributed by atoms with Crippen molar-refractivity contribution in [1.29, 1.82) is 0 Å². The Hall–Kier alpha value is -1.39. The number of hydrogen-bond donors (Lipinski definition) is 2. The molecule has 4 nitrogen and oxygen atoms in total. The molecule has 1 aromatic rings. The summed E-state index contributed by atoms with van der Waals surface area (Å²) in [6, 6.07) is 10.6. The highest BCUT2D eigenvalue weighted by Gasteiger charge is 2.32. The first kappa shape index (κ1) is 15.5. The molecule has 2 fully saturated rings. The molecule has 1 unspecified atom stereocenters. The van der Waals surface area contributed by atoms with Crippen LogP contribution in [0.5, 0.6) is 0 Å². The Bertz CT molecular complexity index is 483. The Kier molecular flexibility index (Phi) is 5.11. The lowest BCUT2D eigenvalue weighted by Gasteiger charge is -2.29. The van der Waals surface area contributed by atoms with Crippen molar-refractivity contribution in [3.63, 3.8) is 0 Å². The van der Waals surface area contributed by atoms with Gasteiger partial charge in [-0.2, -0.15) is 0 Å². The summed E-state index contributed by atoms with van der Waals surface area (Å²) in [5.74, 6) is 0.176. The molecule has 0 radical (unpaired) electrons. The molecule has 1 saturated heterocycles. The minimum absolute atomic E-state index is 0.00653. The number of nitrogens with zero attached hydrogens (tertiary/aromatic N) is 1. The second kappa shape index (κ2) is 7.25. The number of aliphatic hydroxyl groups excluding tert-OH is 1. The lowest BCUT2D eigenvalue weighted by atomic mass is 9.93. The first-order valence-electron chi connectivity index (χ1n) is 8.49. The van der Waals surface area contributed by atoms with E-state index in [0.29, 0.717) is 0 Å². The number of likely N-dealkylation sites (tertiary alicyclic amines) is 1. The molecule has 120 valence electrons. The number of carbonyl (C=O) groups excluding carboxylic acids is 1. The van der Waals surface area contributed by atoms with Crippen molar-refractivity contribution in [2.24, 2.45) is 0 Å². The van der Waals surface area contributed by atoms with Crippen molar-refractivity contribution >= 4 is 5.91 Å². The first-order valence-corrected chi connectivity index (χ1v) is 8.49. The van der Waals surface area contributed by atoms with Crippen LogP contribution in [0.15, 0.2) is 30.3 Å². The van der Waals surface area contributed by atoms with Gasteiger partial charge < -0.3 is 10.4 Å². The Morgan fingerprint density at radius 2 is 1.86 bits per heavy atom. The van der Waals surface area contributed by atoms with Crippen molar-refractivity contribution in [2.45, 2.75) is 63.3 Å². The lowest BCUT2D eigenvalue weighted by molar-refractivity contribution is -0.126. The van der Waals surface area contributed by atoms with Crippen molar-refractivity contribution in [3.05, 3.63) is 35.9 Å². The first-order chi connectivity index (χ1) is 10.7. The van der Waals surface area contributed by atoms with Crippen molar-refractivity contribution < 1.29 is 9.90 Å². The standard InChI is InChI=1S/C18H26N2O2/c21-16-10-8-15(9-11-16)19-18(22)17-7-4-12-20(17)13-14-5-2-1-3-6-14/h1-3,5-6,15-17,21H,4,7-13H2,(H,19,22). The third kappa shape index (κ3) is 3.87. The molecule has 0 aromatic heterocycles. The van der Waals surface area contributed by atoms with Crippen LogP contribution in [0.25, 0.3) is 0 Å². The van der Waals surface area contributed by atoms with Crippen LogP contribution in [-0.4, -0.2) is 40.6 Å². The van der Waals surface area contributed by atoms with Crippen LogP contribution in [0.2, 0.25) is 0 Å². The van der Waals surface area contributed by atoms with Crippen LogP contribution in [-0.2, 0) is 11.3 Å². The number of benzene rings is 1. The van der Waals surface area contributed by atoms with Gasteiger partial charge >= 0.3 is 0 Å². The molecule has 1 saturated carbocycles. The molecule has 2 aliphatic rings. The number of rotatable bonds is 4. The highest BCUT2D eigenvalue weighted by atomic mass is 16.3. The van der Waals surface area contributed by atoms with E-state index in [4.69, 9.17) is 0 Å². The van der Waals surface area contributed by atoms with Crippen LogP contribution < -0.4 is 5.32 Å². The van der Waals surface area contributed by atoms with E-state index in [1.165, 1.54) is 5.56 Å². The maximum absolute atomic E-state index is 12.6. The summed E-state index contributed by atoms with van der Waals surface area (Å²) in [6.45, 7) is 1.85.